The van der Waals surface area contributed by atoms with Crippen LogP contribution in [0.2, 0.25) is 0 Å². The average Bonchev–Trinajstić information content (AvgIpc) is 2.35. The summed E-state index contributed by atoms with van der Waals surface area (Å²) in [6.45, 7) is 6.05. The molecular weight excluding hydrogens is 192 g/mol. The van der Waals surface area contributed by atoms with Gasteiger partial charge in [-0.2, -0.15) is 0 Å². The van der Waals surface area contributed by atoms with Crippen molar-refractivity contribution >= 4 is 0 Å². The lowest BCUT2D eigenvalue weighted by Gasteiger charge is -2.14. The van der Waals surface area contributed by atoms with E-state index in [0.717, 1.165) is 5.92 Å². The quantitative estimate of drug-likeness (QED) is 0.407. The van der Waals surface area contributed by atoms with Crippen LogP contribution >= 0.6 is 0 Å². The van der Waals surface area contributed by atoms with Crippen molar-refractivity contribution in [1.29, 1.82) is 0 Å². The molecule has 0 saturated carbocycles. The predicted octanol–water partition coefficient (Wildman–Crippen LogP) is 5.32. The Morgan fingerprint density at radius 3 is 2.50 bits per heavy atom. The number of allylic oxidation sites excluding steroid dienone is 1. The molecule has 0 aliphatic heterocycles. The number of hydrogen-bond donors (Lipinski definition) is 0. The molecule has 0 aliphatic carbocycles. The molecular formula is C16H24. The summed E-state index contributed by atoms with van der Waals surface area (Å²) in [6, 6.07) is 10.9. The van der Waals surface area contributed by atoms with Crippen LogP contribution in [0.3, 0.4) is 0 Å². The lowest BCUT2D eigenvalue weighted by molar-refractivity contribution is 0.547. The molecule has 1 atom stereocenters. The average molecular weight is 216 g/mol. The number of unbranched alkanes of at least 4 members (excludes halogenated alkanes) is 3. The highest BCUT2D eigenvalue weighted by atomic mass is 14.1. The maximum absolute atomic E-state index is 3.76. The maximum Gasteiger partial charge on any atom is -0.0165 e. The van der Waals surface area contributed by atoms with Gasteiger partial charge in [0.05, 0.1) is 0 Å². The van der Waals surface area contributed by atoms with Crippen LogP contribution in [0.25, 0.3) is 0 Å². The molecule has 0 spiro atoms. The summed E-state index contributed by atoms with van der Waals surface area (Å²) in [5.74, 6) is 0.755. The van der Waals surface area contributed by atoms with Gasteiger partial charge in [-0.15, -0.1) is 6.58 Å². The van der Waals surface area contributed by atoms with Gasteiger partial charge in [-0.25, -0.2) is 0 Å². The number of rotatable bonds is 8. The highest BCUT2D eigenvalue weighted by Gasteiger charge is 2.07. The third kappa shape index (κ3) is 4.65. The topological polar surface area (TPSA) is 0 Å². The van der Waals surface area contributed by atoms with Crippen molar-refractivity contribution < 1.29 is 0 Å². The SMILES string of the molecule is C=CCCCCCC(CC)c1ccccc1. The van der Waals surface area contributed by atoms with Crippen LogP contribution in [-0.4, -0.2) is 0 Å². The van der Waals surface area contributed by atoms with E-state index in [1.165, 1.54) is 44.1 Å². The van der Waals surface area contributed by atoms with Crippen LogP contribution in [0.15, 0.2) is 43.0 Å². The van der Waals surface area contributed by atoms with Crippen LogP contribution in [0.5, 0.6) is 0 Å². The fraction of sp³-hybridized carbons (Fsp3) is 0.500. The van der Waals surface area contributed by atoms with Crippen molar-refractivity contribution in [2.24, 2.45) is 0 Å². The molecule has 1 aromatic carbocycles. The van der Waals surface area contributed by atoms with Crippen LogP contribution in [-0.2, 0) is 0 Å². The Labute approximate surface area is 100 Å². The highest BCUT2D eigenvalue weighted by Crippen LogP contribution is 2.25. The van der Waals surface area contributed by atoms with Crippen molar-refractivity contribution in [2.45, 2.75) is 51.4 Å². The van der Waals surface area contributed by atoms with Crippen molar-refractivity contribution in [3.05, 3.63) is 48.6 Å². The van der Waals surface area contributed by atoms with Gasteiger partial charge in [-0.1, -0.05) is 56.2 Å². The molecule has 0 aromatic heterocycles. The first kappa shape index (κ1) is 13.0. The minimum Gasteiger partial charge on any atom is -0.103 e. The molecule has 16 heavy (non-hydrogen) atoms. The Morgan fingerprint density at radius 1 is 1.12 bits per heavy atom. The summed E-state index contributed by atoms with van der Waals surface area (Å²) >= 11 is 0. The van der Waals surface area contributed by atoms with Gasteiger partial charge in [-0.05, 0) is 37.2 Å². The largest absolute Gasteiger partial charge is 0.103 e. The van der Waals surface area contributed by atoms with Gasteiger partial charge in [0, 0.05) is 0 Å². The van der Waals surface area contributed by atoms with Gasteiger partial charge >= 0.3 is 0 Å². The summed E-state index contributed by atoms with van der Waals surface area (Å²) in [6.07, 6.45) is 9.77. The molecule has 0 radical (unpaired) electrons. The first-order chi connectivity index (χ1) is 7.88. The maximum atomic E-state index is 3.76. The van der Waals surface area contributed by atoms with Crippen LogP contribution < -0.4 is 0 Å². The van der Waals surface area contributed by atoms with E-state index in [9.17, 15) is 0 Å². The second kappa shape index (κ2) is 8.15. The van der Waals surface area contributed by atoms with Crippen LogP contribution in [0.1, 0.15) is 56.9 Å². The summed E-state index contributed by atoms with van der Waals surface area (Å²) in [5.41, 5.74) is 1.51. The second-order valence-electron chi connectivity index (χ2n) is 4.44. The van der Waals surface area contributed by atoms with Crippen LogP contribution in [0.4, 0.5) is 0 Å². The zero-order chi connectivity index (χ0) is 11.6. The summed E-state index contributed by atoms with van der Waals surface area (Å²) in [7, 11) is 0. The van der Waals surface area contributed by atoms with Crippen LogP contribution in [0, 0.1) is 0 Å². The monoisotopic (exact) mass is 216 g/mol. The van der Waals surface area contributed by atoms with Gasteiger partial charge in [0.15, 0.2) is 0 Å². The highest BCUT2D eigenvalue weighted by molar-refractivity contribution is 5.19. The van der Waals surface area contributed by atoms with E-state index >= 15 is 0 Å². The molecule has 0 saturated heterocycles. The summed E-state index contributed by atoms with van der Waals surface area (Å²) in [5, 5.41) is 0. The van der Waals surface area contributed by atoms with Crippen molar-refractivity contribution in [2.75, 3.05) is 0 Å². The van der Waals surface area contributed by atoms with E-state index in [1.54, 1.807) is 0 Å². The Kier molecular flexibility index (Phi) is 6.64. The van der Waals surface area contributed by atoms with E-state index in [2.05, 4.69) is 43.8 Å². The number of benzene rings is 1. The van der Waals surface area contributed by atoms with E-state index in [1.807, 2.05) is 6.08 Å². The molecule has 1 unspecified atom stereocenters. The third-order valence-corrected chi connectivity index (χ3v) is 3.22. The van der Waals surface area contributed by atoms with Crippen molar-refractivity contribution in [3.8, 4) is 0 Å². The molecule has 88 valence electrons. The Hall–Kier alpha value is -1.04. The first-order valence-corrected chi connectivity index (χ1v) is 6.54. The standard InChI is InChI=1S/C16H24/c1-3-5-6-7-9-12-15(4-2)16-13-10-8-11-14-16/h3,8,10-11,13-15H,1,4-7,9,12H2,2H3. The van der Waals surface area contributed by atoms with Gasteiger partial charge in [-0.3, -0.25) is 0 Å². The van der Waals surface area contributed by atoms with Gasteiger partial charge in [0.1, 0.15) is 0 Å². The zero-order valence-corrected chi connectivity index (χ0v) is 10.5. The lowest BCUT2D eigenvalue weighted by Crippen LogP contribution is -1.97. The Bertz CT molecular complexity index is 273. The Balaban J connectivity index is 2.30. The molecule has 1 rings (SSSR count). The fourth-order valence-electron chi connectivity index (χ4n) is 2.19. The molecule has 0 fully saturated rings. The van der Waals surface area contributed by atoms with Crippen molar-refractivity contribution in [1.82, 2.24) is 0 Å². The molecule has 1 aromatic rings. The predicted molar refractivity (Wildman–Crippen MR) is 72.8 cm³/mol. The third-order valence-electron chi connectivity index (χ3n) is 3.22. The first-order valence-electron chi connectivity index (χ1n) is 6.54. The molecule has 0 nitrogen and oxygen atoms in total. The molecule has 0 heterocycles. The summed E-state index contributed by atoms with van der Waals surface area (Å²) in [4.78, 5) is 0. The van der Waals surface area contributed by atoms with E-state index in [0.29, 0.717) is 0 Å². The molecule has 0 bridgehead atoms. The van der Waals surface area contributed by atoms with E-state index in [4.69, 9.17) is 0 Å². The van der Waals surface area contributed by atoms with Crippen molar-refractivity contribution in [3.63, 3.8) is 0 Å². The summed E-state index contributed by atoms with van der Waals surface area (Å²) < 4.78 is 0. The second-order valence-corrected chi connectivity index (χ2v) is 4.44. The van der Waals surface area contributed by atoms with Gasteiger partial charge in [0.25, 0.3) is 0 Å². The fourth-order valence-corrected chi connectivity index (χ4v) is 2.19. The van der Waals surface area contributed by atoms with E-state index < -0.39 is 0 Å². The van der Waals surface area contributed by atoms with Gasteiger partial charge < -0.3 is 0 Å². The lowest BCUT2D eigenvalue weighted by atomic mass is 9.91. The Morgan fingerprint density at radius 2 is 1.88 bits per heavy atom. The minimum atomic E-state index is 0.755. The molecule has 0 N–H and O–H groups in total. The molecule has 0 aliphatic rings. The number of hydrogen-bond acceptors (Lipinski definition) is 0. The van der Waals surface area contributed by atoms with E-state index in [-0.39, 0.29) is 0 Å². The molecule has 0 amide bonds. The van der Waals surface area contributed by atoms with Gasteiger partial charge in [0.2, 0.25) is 0 Å². The molecule has 0 heteroatoms. The minimum absolute atomic E-state index is 0.755. The smallest absolute Gasteiger partial charge is 0.0165 e. The normalized spacial score (nSPS) is 12.3. The zero-order valence-electron chi connectivity index (χ0n) is 10.5.